The standard InChI is InChI=1S/C13H7ClF5NO/c14-12-6(4-5-9(20-12)13(17,18)19)11(21)10-7(15)2-1-3-8(10)16/h1-5,11,21H. The summed E-state index contributed by atoms with van der Waals surface area (Å²) in [7, 11) is 0. The second kappa shape index (κ2) is 5.57. The first kappa shape index (κ1) is 15.7. The molecule has 0 amide bonds. The summed E-state index contributed by atoms with van der Waals surface area (Å²) in [6.07, 6.45) is -6.58. The molecule has 1 unspecified atom stereocenters. The van der Waals surface area contributed by atoms with Crippen molar-refractivity contribution < 1.29 is 27.1 Å². The Hall–Kier alpha value is -1.73. The number of alkyl halides is 3. The number of aromatic nitrogens is 1. The molecule has 112 valence electrons. The third kappa shape index (κ3) is 3.14. The average molecular weight is 324 g/mol. The lowest BCUT2D eigenvalue weighted by atomic mass is 10.0. The van der Waals surface area contributed by atoms with Gasteiger partial charge >= 0.3 is 6.18 Å². The number of pyridine rings is 1. The lowest BCUT2D eigenvalue weighted by molar-refractivity contribution is -0.141. The number of rotatable bonds is 2. The molecule has 0 saturated heterocycles. The van der Waals surface area contributed by atoms with Crippen molar-refractivity contribution in [2.75, 3.05) is 0 Å². The molecule has 2 aromatic rings. The lowest BCUT2D eigenvalue weighted by Crippen LogP contribution is -2.11. The number of benzene rings is 1. The van der Waals surface area contributed by atoms with Crippen LogP contribution in [0.5, 0.6) is 0 Å². The van der Waals surface area contributed by atoms with E-state index >= 15 is 0 Å². The van der Waals surface area contributed by atoms with Crippen LogP contribution in [0.4, 0.5) is 22.0 Å². The summed E-state index contributed by atoms with van der Waals surface area (Å²) in [5.41, 5.74) is -2.30. The third-order valence-corrected chi connectivity index (χ3v) is 3.04. The van der Waals surface area contributed by atoms with Crippen molar-refractivity contribution in [3.63, 3.8) is 0 Å². The molecular weight excluding hydrogens is 317 g/mol. The van der Waals surface area contributed by atoms with Gasteiger partial charge in [0.05, 0.1) is 5.56 Å². The Labute approximate surface area is 120 Å². The number of hydrogen-bond acceptors (Lipinski definition) is 2. The van der Waals surface area contributed by atoms with Gasteiger partial charge in [-0.05, 0) is 18.2 Å². The molecule has 0 aliphatic rings. The van der Waals surface area contributed by atoms with E-state index in [9.17, 15) is 27.1 Å². The van der Waals surface area contributed by atoms with E-state index in [0.29, 0.717) is 6.07 Å². The molecule has 0 aliphatic carbocycles. The highest BCUT2D eigenvalue weighted by molar-refractivity contribution is 6.30. The van der Waals surface area contributed by atoms with Gasteiger partial charge in [0.1, 0.15) is 28.6 Å². The molecule has 2 nitrogen and oxygen atoms in total. The van der Waals surface area contributed by atoms with Gasteiger partial charge in [-0.15, -0.1) is 0 Å². The molecule has 0 radical (unpaired) electrons. The van der Waals surface area contributed by atoms with Gasteiger partial charge < -0.3 is 5.11 Å². The van der Waals surface area contributed by atoms with Crippen molar-refractivity contribution in [3.05, 3.63) is 63.9 Å². The fourth-order valence-electron chi connectivity index (χ4n) is 1.73. The Morgan fingerprint density at radius 1 is 1.05 bits per heavy atom. The Morgan fingerprint density at radius 2 is 1.62 bits per heavy atom. The summed E-state index contributed by atoms with van der Waals surface area (Å²) in [5.74, 6) is -2.09. The van der Waals surface area contributed by atoms with Crippen LogP contribution in [0.1, 0.15) is 22.9 Å². The van der Waals surface area contributed by atoms with Crippen LogP contribution in [-0.4, -0.2) is 10.1 Å². The molecule has 8 heteroatoms. The zero-order chi connectivity index (χ0) is 15.8. The fourth-order valence-corrected chi connectivity index (χ4v) is 1.99. The van der Waals surface area contributed by atoms with Gasteiger partial charge in [0.2, 0.25) is 0 Å². The second-order valence-corrected chi connectivity index (χ2v) is 4.47. The van der Waals surface area contributed by atoms with Crippen LogP contribution in [0.25, 0.3) is 0 Å². The molecule has 0 saturated carbocycles. The average Bonchev–Trinajstić information content (AvgIpc) is 2.37. The van der Waals surface area contributed by atoms with Crippen molar-refractivity contribution in [2.24, 2.45) is 0 Å². The predicted octanol–water partition coefficient (Wildman–Crippen LogP) is 4.11. The van der Waals surface area contributed by atoms with Crippen molar-refractivity contribution in [3.8, 4) is 0 Å². The second-order valence-electron chi connectivity index (χ2n) is 4.11. The normalized spacial score (nSPS) is 13.3. The summed E-state index contributed by atoms with van der Waals surface area (Å²) in [5, 5.41) is 9.26. The zero-order valence-corrected chi connectivity index (χ0v) is 10.9. The number of halogens is 6. The predicted molar refractivity (Wildman–Crippen MR) is 64.7 cm³/mol. The van der Waals surface area contributed by atoms with Crippen LogP contribution >= 0.6 is 11.6 Å². The zero-order valence-electron chi connectivity index (χ0n) is 10.1. The quantitative estimate of drug-likeness (QED) is 0.666. The smallest absolute Gasteiger partial charge is 0.383 e. The molecule has 0 bridgehead atoms. The molecule has 0 spiro atoms. The highest BCUT2D eigenvalue weighted by atomic mass is 35.5. The van der Waals surface area contributed by atoms with Crippen LogP contribution in [0.15, 0.2) is 30.3 Å². The molecule has 21 heavy (non-hydrogen) atoms. The van der Waals surface area contributed by atoms with E-state index in [-0.39, 0.29) is 5.56 Å². The molecule has 1 aromatic carbocycles. The van der Waals surface area contributed by atoms with Gasteiger partial charge in [0.15, 0.2) is 0 Å². The molecule has 0 aliphatic heterocycles. The Balaban J connectivity index is 2.47. The van der Waals surface area contributed by atoms with Gasteiger partial charge in [0, 0.05) is 5.56 Å². The van der Waals surface area contributed by atoms with Gasteiger partial charge in [-0.25, -0.2) is 13.8 Å². The monoisotopic (exact) mass is 323 g/mol. The summed E-state index contributed by atoms with van der Waals surface area (Å²) in [6, 6.07) is 4.31. The van der Waals surface area contributed by atoms with Gasteiger partial charge in [-0.3, -0.25) is 0 Å². The van der Waals surface area contributed by atoms with E-state index in [1.165, 1.54) is 0 Å². The van der Waals surface area contributed by atoms with E-state index in [0.717, 1.165) is 24.3 Å². The first-order chi connectivity index (χ1) is 9.71. The first-order valence-corrected chi connectivity index (χ1v) is 5.95. The fraction of sp³-hybridized carbons (Fsp3) is 0.154. The summed E-state index contributed by atoms with van der Waals surface area (Å²) in [6.45, 7) is 0. The SMILES string of the molecule is OC(c1ccc(C(F)(F)F)nc1Cl)c1c(F)cccc1F. The Morgan fingerprint density at radius 3 is 2.10 bits per heavy atom. The van der Waals surface area contributed by atoms with Crippen LogP contribution < -0.4 is 0 Å². The van der Waals surface area contributed by atoms with Crippen molar-refractivity contribution >= 4 is 11.6 Å². The van der Waals surface area contributed by atoms with E-state index in [1.54, 1.807) is 0 Å². The number of hydrogen-bond donors (Lipinski definition) is 1. The van der Waals surface area contributed by atoms with Crippen molar-refractivity contribution in [2.45, 2.75) is 12.3 Å². The van der Waals surface area contributed by atoms with Crippen LogP contribution in [0.3, 0.4) is 0 Å². The molecule has 2 rings (SSSR count). The summed E-state index contributed by atoms with van der Waals surface area (Å²) >= 11 is 5.57. The maximum atomic E-state index is 13.5. The molecular formula is C13H7ClF5NO. The summed E-state index contributed by atoms with van der Waals surface area (Å²) < 4.78 is 64.4. The van der Waals surface area contributed by atoms with Crippen LogP contribution in [-0.2, 0) is 6.18 Å². The number of aliphatic hydroxyl groups is 1. The van der Waals surface area contributed by atoms with Gasteiger partial charge in [-0.1, -0.05) is 23.7 Å². The largest absolute Gasteiger partial charge is 0.433 e. The molecule has 1 heterocycles. The number of nitrogens with zero attached hydrogens (tertiary/aromatic N) is 1. The van der Waals surface area contributed by atoms with Crippen molar-refractivity contribution in [1.82, 2.24) is 4.98 Å². The van der Waals surface area contributed by atoms with Gasteiger partial charge in [-0.2, -0.15) is 13.2 Å². The Bertz CT molecular complexity index is 654. The minimum absolute atomic E-state index is 0.325. The highest BCUT2D eigenvalue weighted by Crippen LogP contribution is 2.34. The minimum atomic E-state index is -4.71. The van der Waals surface area contributed by atoms with Crippen LogP contribution in [0, 0.1) is 11.6 Å². The first-order valence-electron chi connectivity index (χ1n) is 5.57. The van der Waals surface area contributed by atoms with E-state index in [2.05, 4.69) is 4.98 Å². The topological polar surface area (TPSA) is 33.1 Å². The highest BCUT2D eigenvalue weighted by Gasteiger charge is 2.33. The molecule has 1 atom stereocenters. The van der Waals surface area contributed by atoms with E-state index in [4.69, 9.17) is 11.6 Å². The molecule has 0 fully saturated rings. The molecule has 1 N–H and O–H groups in total. The minimum Gasteiger partial charge on any atom is -0.383 e. The van der Waals surface area contributed by atoms with Crippen LogP contribution in [0.2, 0.25) is 5.15 Å². The molecule has 1 aromatic heterocycles. The lowest BCUT2D eigenvalue weighted by Gasteiger charge is -2.15. The van der Waals surface area contributed by atoms with Crippen molar-refractivity contribution in [1.29, 1.82) is 0 Å². The number of aliphatic hydroxyl groups excluding tert-OH is 1. The third-order valence-electron chi connectivity index (χ3n) is 2.74. The van der Waals surface area contributed by atoms with E-state index < -0.39 is 40.3 Å². The summed E-state index contributed by atoms with van der Waals surface area (Å²) in [4.78, 5) is 3.09. The Kier molecular flexibility index (Phi) is 4.15. The maximum absolute atomic E-state index is 13.5. The van der Waals surface area contributed by atoms with Gasteiger partial charge in [0.25, 0.3) is 0 Å². The van der Waals surface area contributed by atoms with E-state index in [1.807, 2.05) is 0 Å². The maximum Gasteiger partial charge on any atom is 0.433 e.